The van der Waals surface area contributed by atoms with Crippen molar-refractivity contribution in [2.24, 2.45) is 0 Å². The lowest BCUT2D eigenvalue weighted by Gasteiger charge is -2.02. The third kappa shape index (κ3) is 1.43. The Balaban J connectivity index is 2.31. The van der Waals surface area contributed by atoms with Gasteiger partial charge < -0.3 is 0 Å². The van der Waals surface area contributed by atoms with E-state index >= 15 is 0 Å². The molecule has 0 N–H and O–H groups in total. The van der Waals surface area contributed by atoms with Crippen LogP contribution in [0.4, 0.5) is 0 Å². The molecule has 0 saturated heterocycles. The minimum absolute atomic E-state index is 1.11. The molecule has 0 radical (unpaired) electrons. The molecule has 0 atom stereocenters. The quantitative estimate of drug-likeness (QED) is 0.593. The van der Waals surface area contributed by atoms with Gasteiger partial charge in [0.1, 0.15) is 4.83 Å². The summed E-state index contributed by atoms with van der Waals surface area (Å²) >= 11 is 1.69. The van der Waals surface area contributed by atoms with Crippen LogP contribution in [0.3, 0.4) is 0 Å². The van der Waals surface area contributed by atoms with Gasteiger partial charge >= 0.3 is 0 Å². The highest BCUT2D eigenvalue weighted by atomic mass is 32.1. The number of benzene rings is 1. The van der Waals surface area contributed by atoms with Crippen LogP contribution >= 0.6 is 11.3 Å². The molecule has 0 aliphatic carbocycles. The second kappa shape index (κ2) is 3.48. The van der Waals surface area contributed by atoms with Crippen LogP contribution in [0.25, 0.3) is 21.3 Å². The molecule has 2 aromatic heterocycles. The number of hydrogen-bond acceptors (Lipinski definition) is 2. The second-order valence-electron chi connectivity index (χ2n) is 3.36. The maximum atomic E-state index is 4.35. The molecule has 2 heteroatoms. The Hall–Kier alpha value is -1.67. The van der Waals surface area contributed by atoms with Crippen molar-refractivity contribution in [3.8, 4) is 11.1 Å². The van der Waals surface area contributed by atoms with Crippen LogP contribution in [0.1, 0.15) is 0 Å². The molecule has 0 saturated carbocycles. The van der Waals surface area contributed by atoms with Gasteiger partial charge in [0.15, 0.2) is 0 Å². The summed E-state index contributed by atoms with van der Waals surface area (Å²) in [6.07, 6.45) is 1.88. The predicted octanol–water partition coefficient (Wildman–Crippen LogP) is 3.96. The summed E-state index contributed by atoms with van der Waals surface area (Å²) in [7, 11) is 0. The van der Waals surface area contributed by atoms with Crippen LogP contribution in [0.2, 0.25) is 0 Å². The fourth-order valence-electron chi connectivity index (χ4n) is 1.74. The first kappa shape index (κ1) is 8.62. The largest absolute Gasteiger partial charge is 0.245 e. The molecule has 0 unspecified atom stereocenters. The Morgan fingerprint density at radius 3 is 2.67 bits per heavy atom. The maximum Gasteiger partial charge on any atom is 0.123 e. The monoisotopic (exact) mass is 211 g/mol. The average Bonchev–Trinajstić information content (AvgIpc) is 2.78. The van der Waals surface area contributed by atoms with Crippen molar-refractivity contribution < 1.29 is 0 Å². The first-order valence-electron chi connectivity index (χ1n) is 4.83. The van der Waals surface area contributed by atoms with Crippen molar-refractivity contribution in [2.75, 3.05) is 0 Å². The Morgan fingerprint density at radius 1 is 0.933 bits per heavy atom. The lowest BCUT2D eigenvalue weighted by molar-refractivity contribution is 1.44. The van der Waals surface area contributed by atoms with Gasteiger partial charge in [0, 0.05) is 11.6 Å². The normalized spacial score (nSPS) is 10.7. The Kier molecular flexibility index (Phi) is 2.00. The number of pyridine rings is 1. The van der Waals surface area contributed by atoms with Crippen LogP contribution in [0, 0.1) is 0 Å². The van der Waals surface area contributed by atoms with Crippen molar-refractivity contribution in [1.82, 2.24) is 4.98 Å². The number of hydrogen-bond donors (Lipinski definition) is 0. The zero-order valence-corrected chi connectivity index (χ0v) is 8.87. The van der Waals surface area contributed by atoms with Crippen molar-refractivity contribution in [1.29, 1.82) is 0 Å². The summed E-state index contributed by atoms with van der Waals surface area (Å²) in [5.41, 5.74) is 2.52. The first-order chi connectivity index (χ1) is 7.45. The number of aromatic nitrogens is 1. The van der Waals surface area contributed by atoms with E-state index in [2.05, 4.69) is 46.8 Å². The van der Waals surface area contributed by atoms with E-state index < -0.39 is 0 Å². The van der Waals surface area contributed by atoms with Gasteiger partial charge in [-0.3, -0.25) is 0 Å². The lowest BCUT2D eigenvalue weighted by Crippen LogP contribution is -1.79. The molecule has 0 fully saturated rings. The summed E-state index contributed by atoms with van der Waals surface area (Å²) in [5.74, 6) is 0. The van der Waals surface area contributed by atoms with Crippen LogP contribution < -0.4 is 0 Å². The average molecular weight is 211 g/mol. The summed E-state index contributed by atoms with van der Waals surface area (Å²) in [6, 6.07) is 14.6. The topological polar surface area (TPSA) is 12.9 Å². The molecule has 72 valence electrons. The molecular formula is C13H9NS. The van der Waals surface area contributed by atoms with Crippen LogP contribution in [0.15, 0.2) is 54.0 Å². The van der Waals surface area contributed by atoms with Gasteiger partial charge in [0.05, 0.1) is 0 Å². The van der Waals surface area contributed by atoms with Gasteiger partial charge in [0.25, 0.3) is 0 Å². The molecule has 0 spiro atoms. The summed E-state index contributed by atoms with van der Waals surface area (Å²) in [6.45, 7) is 0. The van der Waals surface area contributed by atoms with Crippen LogP contribution in [-0.4, -0.2) is 4.98 Å². The summed E-state index contributed by atoms with van der Waals surface area (Å²) in [5, 5.41) is 3.33. The molecule has 2 heterocycles. The lowest BCUT2D eigenvalue weighted by atomic mass is 10.0. The molecular weight excluding hydrogens is 202 g/mol. The molecule has 1 aromatic carbocycles. The molecule has 0 aliphatic heterocycles. The predicted molar refractivity (Wildman–Crippen MR) is 65.1 cm³/mol. The zero-order chi connectivity index (χ0) is 10.1. The molecule has 3 aromatic rings. The smallest absolute Gasteiger partial charge is 0.123 e. The van der Waals surface area contributed by atoms with Gasteiger partial charge in [-0.2, -0.15) is 0 Å². The molecule has 0 bridgehead atoms. The second-order valence-corrected chi connectivity index (χ2v) is 4.26. The van der Waals surface area contributed by atoms with Gasteiger partial charge in [-0.1, -0.05) is 30.3 Å². The van der Waals surface area contributed by atoms with Gasteiger partial charge in [-0.25, -0.2) is 4.98 Å². The van der Waals surface area contributed by atoms with E-state index in [-0.39, 0.29) is 0 Å². The summed E-state index contributed by atoms with van der Waals surface area (Å²) in [4.78, 5) is 5.45. The standard InChI is InChI=1S/C13H9NS/c1-2-4-10(5-3-1)11-6-8-14-13-12(11)7-9-15-13/h1-9H. The third-order valence-electron chi connectivity index (χ3n) is 2.45. The van der Waals surface area contributed by atoms with E-state index in [9.17, 15) is 0 Å². The summed E-state index contributed by atoms with van der Waals surface area (Å²) < 4.78 is 0. The maximum absolute atomic E-state index is 4.35. The van der Waals surface area contributed by atoms with E-state index in [1.165, 1.54) is 16.5 Å². The molecule has 0 aliphatic rings. The van der Waals surface area contributed by atoms with E-state index in [0.717, 1.165) is 4.83 Å². The SMILES string of the molecule is c1ccc(-c2ccnc3sccc23)cc1. The van der Waals surface area contributed by atoms with E-state index in [1.807, 2.05) is 12.3 Å². The van der Waals surface area contributed by atoms with Gasteiger partial charge in [-0.05, 0) is 28.6 Å². The number of fused-ring (bicyclic) bond motifs is 1. The Labute approximate surface area is 92.0 Å². The van der Waals surface area contributed by atoms with Crippen LogP contribution in [-0.2, 0) is 0 Å². The van der Waals surface area contributed by atoms with Gasteiger partial charge in [-0.15, -0.1) is 11.3 Å². The molecule has 3 rings (SSSR count). The molecule has 15 heavy (non-hydrogen) atoms. The van der Waals surface area contributed by atoms with E-state index in [1.54, 1.807) is 11.3 Å². The van der Waals surface area contributed by atoms with Crippen molar-refractivity contribution in [3.63, 3.8) is 0 Å². The van der Waals surface area contributed by atoms with Crippen molar-refractivity contribution in [3.05, 3.63) is 54.0 Å². The fourth-order valence-corrected chi connectivity index (χ4v) is 2.50. The third-order valence-corrected chi connectivity index (χ3v) is 3.27. The van der Waals surface area contributed by atoms with Crippen LogP contribution in [0.5, 0.6) is 0 Å². The minimum Gasteiger partial charge on any atom is -0.245 e. The highest BCUT2D eigenvalue weighted by Gasteiger charge is 2.03. The number of thiophene rings is 1. The highest BCUT2D eigenvalue weighted by molar-refractivity contribution is 7.16. The Bertz CT molecular complexity index is 584. The molecule has 0 amide bonds. The first-order valence-corrected chi connectivity index (χ1v) is 5.71. The highest BCUT2D eigenvalue weighted by Crippen LogP contribution is 2.29. The van der Waals surface area contributed by atoms with E-state index in [4.69, 9.17) is 0 Å². The fraction of sp³-hybridized carbons (Fsp3) is 0. The Morgan fingerprint density at radius 2 is 1.80 bits per heavy atom. The van der Waals surface area contributed by atoms with Crippen molar-refractivity contribution >= 4 is 21.6 Å². The van der Waals surface area contributed by atoms with E-state index in [0.29, 0.717) is 0 Å². The zero-order valence-electron chi connectivity index (χ0n) is 8.05. The van der Waals surface area contributed by atoms with Crippen molar-refractivity contribution in [2.45, 2.75) is 0 Å². The minimum atomic E-state index is 1.11. The number of rotatable bonds is 1. The molecule has 1 nitrogen and oxygen atoms in total. The number of nitrogens with zero attached hydrogens (tertiary/aromatic N) is 1. The van der Waals surface area contributed by atoms with Gasteiger partial charge in [0.2, 0.25) is 0 Å².